The molecule has 0 aliphatic carbocycles. The van der Waals surface area contributed by atoms with Crippen LogP contribution in [0.3, 0.4) is 0 Å². The highest BCUT2D eigenvalue weighted by Crippen LogP contribution is 2.30. The number of nitrogens with one attached hydrogen (secondary N) is 1. The third-order valence-corrected chi connectivity index (χ3v) is 7.41. The number of hydrogen-bond acceptors (Lipinski definition) is 6. The minimum atomic E-state index is -3.62. The fourth-order valence-electron chi connectivity index (χ4n) is 4.17. The molecule has 0 saturated heterocycles. The summed E-state index contributed by atoms with van der Waals surface area (Å²) in [6, 6.07) is 13.6. The highest BCUT2D eigenvalue weighted by atomic mass is 32.2. The summed E-state index contributed by atoms with van der Waals surface area (Å²) < 4.78 is 37.0. The summed E-state index contributed by atoms with van der Waals surface area (Å²) in [5, 5.41) is 2.95. The van der Waals surface area contributed by atoms with E-state index in [1.54, 1.807) is 36.3 Å². The lowest BCUT2D eigenvalue weighted by Crippen LogP contribution is -2.49. The maximum atomic E-state index is 13.5. The van der Waals surface area contributed by atoms with E-state index < -0.39 is 16.1 Å². The third kappa shape index (κ3) is 8.93. The molecule has 210 valence electrons. The maximum Gasteiger partial charge on any atom is 0.242 e. The Labute approximate surface area is 227 Å². The molecule has 0 aliphatic heterocycles. The van der Waals surface area contributed by atoms with Crippen molar-refractivity contribution in [2.24, 2.45) is 0 Å². The quantitative estimate of drug-likeness (QED) is 0.319. The average molecular weight is 548 g/mol. The first kappa shape index (κ1) is 31.0. The van der Waals surface area contributed by atoms with E-state index in [-0.39, 0.29) is 37.7 Å². The topological polar surface area (TPSA) is 105 Å². The van der Waals surface area contributed by atoms with Crippen molar-refractivity contribution in [3.63, 3.8) is 0 Å². The molecule has 2 aromatic rings. The van der Waals surface area contributed by atoms with Crippen LogP contribution in [-0.4, -0.2) is 64.7 Å². The van der Waals surface area contributed by atoms with E-state index in [0.717, 1.165) is 24.7 Å². The van der Waals surface area contributed by atoms with Gasteiger partial charge >= 0.3 is 0 Å². The molecule has 1 atom stereocenters. The Kier molecular flexibility index (Phi) is 12.4. The van der Waals surface area contributed by atoms with Gasteiger partial charge in [0.25, 0.3) is 0 Å². The van der Waals surface area contributed by atoms with Crippen molar-refractivity contribution in [3.05, 3.63) is 54.1 Å². The Morgan fingerprint density at radius 3 is 2.24 bits per heavy atom. The second-order valence-corrected chi connectivity index (χ2v) is 11.0. The molecule has 0 aromatic heterocycles. The molecule has 0 spiro atoms. The van der Waals surface area contributed by atoms with Crippen LogP contribution in [0.5, 0.6) is 11.5 Å². The Balaban J connectivity index is 2.23. The molecule has 0 bridgehead atoms. The molecule has 2 rings (SSSR count). The number of carbonyl (C=O) groups is 2. The first-order chi connectivity index (χ1) is 18.2. The van der Waals surface area contributed by atoms with Crippen molar-refractivity contribution >= 4 is 27.5 Å². The van der Waals surface area contributed by atoms with Crippen LogP contribution in [0, 0.1) is 0 Å². The molecular formula is C28H41N3O6S. The predicted octanol–water partition coefficient (Wildman–Crippen LogP) is 3.97. The number of nitrogens with zero attached hydrogens (tertiary/aromatic N) is 2. The summed E-state index contributed by atoms with van der Waals surface area (Å²) in [5.74, 6) is 0.731. The number of carbonyl (C=O) groups excluding carboxylic acids is 2. The van der Waals surface area contributed by atoms with Gasteiger partial charge in [-0.1, -0.05) is 44.5 Å². The lowest BCUT2D eigenvalue weighted by Gasteiger charge is -2.31. The molecule has 0 aliphatic rings. The fourth-order valence-corrected chi connectivity index (χ4v) is 5.14. The van der Waals surface area contributed by atoms with E-state index in [4.69, 9.17) is 9.47 Å². The minimum Gasteiger partial charge on any atom is -0.497 e. The first-order valence-corrected chi connectivity index (χ1v) is 14.8. The first-order valence-electron chi connectivity index (χ1n) is 13.0. The van der Waals surface area contributed by atoms with E-state index >= 15 is 0 Å². The Bertz CT molecular complexity index is 1140. The monoisotopic (exact) mass is 547 g/mol. The second-order valence-electron chi connectivity index (χ2n) is 9.05. The van der Waals surface area contributed by atoms with Crippen molar-refractivity contribution < 1.29 is 27.5 Å². The van der Waals surface area contributed by atoms with Crippen molar-refractivity contribution in [1.29, 1.82) is 0 Å². The summed E-state index contributed by atoms with van der Waals surface area (Å²) in [5.41, 5.74) is 1.28. The molecule has 1 unspecified atom stereocenters. The van der Waals surface area contributed by atoms with E-state index in [1.807, 2.05) is 38.1 Å². The van der Waals surface area contributed by atoms with Crippen molar-refractivity contribution in [2.45, 2.75) is 58.5 Å². The molecule has 2 amide bonds. The molecule has 0 fully saturated rings. The van der Waals surface area contributed by atoms with Crippen LogP contribution in [0.4, 0.5) is 5.69 Å². The Morgan fingerprint density at radius 2 is 1.66 bits per heavy atom. The highest BCUT2D eigenvalue weighted by Gasteiger charge is 2.29. The number of anilines is 1. The van der Waals surface area contributed by atoms with Crippen LogP contribution in [0.25, 0.3) is 0 Å². The smallest absolute Gasteiger partial charge is 0.242 e. The number of unbranched alkanes of at least 4 members (excludes halogenated alkanes) is 1. The summed E-state index contributed by atoms with van der Waals surface area (Å²) in [4.78, 5) is 28.1. The zero-order valence-corrected chi connectivity index (χ0v) is 23.9. The lowest BCUT2D eigenvalue weighted by atomic mass is 10.1. The van der Waals surface area contributed by atoms with Gasteiger partial charge < -0.3 is 19.7 Å². The van der Waals surface area contributed by atoms with Gasteiger partial charge in [-0.2, -0.15) is 0 Å². The molecule has 0 saturated carbocycles. The van der Waals surface area contributed by atoms with Crippen molar-refractivity contribution in [1.82, 2.24) is 10.2 Å². The standard InChI is InChI=1S/C28H41N3O6S/c1-6-8-19-29-28(33)24(7-2)30(21-22-15-17-23(36-3)18-16-22)27(32)14-11-20-31(38(5,34)35)25-12-9-10-13-26(25)37-4/h9-10,12-13,15-18,24H,6-8,11,14,19-21H2,1-5H3,(H,29,33). The maximum absolute atomic E-state index is 13.5. The number of ether oxygens (including phenoxy) is 2. The average Bonchev–Trinajstić information content (AvgIpc) is 2.90. The third-order valence-electron chi connectivity index (χ3n) is 6.23. The molecule has 0 radical (unpaired) electrons. The number of benzene rings is 2. The lowest BCUT2D eigenvalue weighted by molar-refractivity contribution is -0.141. The molecule has 10 heteroatoms. The number of para-hydroxylation sites is 2. The summed E-state index contributed by atoms with van der Waals surface area (Å²) in [6.45, 7) is 4.84. The summed E-state index contributed by atoms with van der Waals surface area (Å²) >= 11 is 0. The van der Waals surface area contributed by atoms with E-state index in [0.29, 0.717) is 30.2 Å². The van der Waals surface area contributed by atoms with Gasteiger partial charge in [-0.15, -0.1) is 0 Å². The van der Waals surface area contributed by atoms with Crippen LogP contribution in [0.1, 0.15) is 51.5 Å². The molecule has 9 nitrogen and oxygen atoms in total. The van der Waals surface area contributed by atoms with Gasteiger partial charge in [0.05, 0.1) is 26.2 Å². The van der Waals surface area contributed by atoms with E-state index in [2.05, 4.69) is 5.32 Å². The highest BCUT2D eigenvalue weighted by molar-refractivity contribution is 7.92. The molecule has 38 heavy (non-hydrogen) atoms. The Hall–Kier alpha value is -3.27. The van der Waals surface area contributed by atoms with Gasteiger partial charge in [0, 0.05) is 26.1 Å². The summed E-state index contributed by atoms with van der Waals surface area (Å²) in [7, 11) is -0.550. The SMILES string of the molecule is CCCCNC(=O)C(CC)N(Cc1ccc(OC)cc1)C(=O)CCCN(c1ccccc1OC)S(C)(=O)=O. The predicted molar refractivity (Wildman–Crippen MR) is 150 cm³/mol. The summed E-state index contributed by atoms with van der Waals surface area (Å²) in [6.07, 6.45) is 3.75. The van der Waals surface area contributed by atoms with Gasteiger partial charge in [-0.3, -0.25) is 13.9 Å². The van der Waals surface area contributed by atoms with E-state index in [1.165, 1.54) is 11.4 Å². The number of hydrogen-bond donors (Lipinski definition) is 1. The van der Waals surface area contributed by atoms with Crippen LogP contribution in [0.15, 0.2) is 48.5 Å². The van der Waals surface area contributed by atoms with Crippen LogP contribution >= 0.6 is 0 Å². The Morgan fingerprint density at radius 1 is 0.974 bits per heavy atom. The zero-order chi connectivity index (χ0) is 28.1. The number of rotatable bonds is 16. The largest absolute Gasteiger partial charge is 0.497 e. The van der Waals surface area contributed by atoms with E-state index in [9.17, 15) is 18.0 Å². The van der Waals surface area contributed by atoms with Gasteiger partial charge in [-0.05, 0) is 49.1 Å². The zero-order valence-electron chi connectivity index (χ0n) is 23.1. The van der Waals surface area contributed by atoms with Crippen molar-refractivity contribution in [2.75, 3.05) is 37.9 Å². The molecule has 1 N–H and O–H groups in total. The van der Waals surface area contributed by atoms with Gasteiger partial charge in [0.2, 0.25) is 21.8 Å². The number of amides is 2. The van der Waals surface area contributed by atoms with Gasteiger partial charge in [0.15, 0.2) is 0 Å². The van der Waals surface area contributed by atoms with Crippen LogP contribution < -0.4 is 19.1 Å². The second kappa shape index (κ2) is 15.2. The fraction of sp³-hybridized carbons (Fsp3) is 0.500. The molecule has 2 aromatic carbocycles. The molecule has 0 heterocycles. The van der Waals surface area contributed by atoms with Crippen LogP contribution in [0.2, 0.25) is 0 Å². The van der Waals surface area contributed by atoms with Crippen LogP contribution in [-0.2, 0) is 26.2 Å². The number of sulfonamides is 1. The normalized spacial score (nSPS) is 11.9. The minimum absolute atomic E-state index is 0.0794. The molecular weight excluding hydrogens is 506 g/mol. The number of methoxy groups -OCH3 is 2. The van der Waals surface area contributed by atoms with Gasteiger partial charge in [-0.25, -0.2) is 8.42 Å². The van der Waals surface area contributed by atoms with Gasteiger partial charge in [0.1, 0.15) is 17.5 Å². The van der Waals surface area contributed by atoms with Crippen molar-refractivity contribution in [3.8, 4) is 11.5 Å².